The predicted molar refractivity (Wildman–Crippen MR) is 116 cm³/mol. The number of aromatic nitrogens is 5. The van der Waals surface area contributed by atoms with Gasteiger partial charge in [-0.05, 0) is 26.0 Å². The number of ether oxygens (including phenoxy) is 1. The molecule has 0 aliphatic heterocycles. The summed E-state index contributed by atoms with van der Waals surface area (Å²) in [5.74, 6) is 0.152. The van der Waals surface area contributed by atoms with Crippen molar-refractivity contribution in [2.45, 2.75) is 19.4 Å². The second-order valence-corrected chi connectivity index (χ2v) is 7.37. The molecule has 11 heteroatoms. The minimum atomic E-state index is -2.71. The number of amides is 1. The topological polar surface area (TPSA) is 139 Å². The van der Waals surface area contributed by atoms with Crippen LogP contribution in [0.4, 0.5) is 17.2 Å². The minimum absolute atomic E-state index is 0.164. The highest BCUT2D eigenvalue weighted by Crippen LogP contribution is 2.37. The van der Waals surface area contributed by atoms with E-state index in [0.29, 0.717) is 22.8 Å². The van der Waals surface area contributed by atoms with Gasteiger partial charge in [-0.15, -0.1) is 10.2 Å². The van der Waals surface area contributed by atoms with Crippen molar-refractivity contribution in [3.05, 3.63) is 36.3 Å². The summed E-state index contributed by atoms with van der Waals surface area (Å²) in [4.78, 5) is 16.9. The second-order valence-electron chi connectivity index (χ2n) is 7.37. The molecule has 0 fully saturated rings. The zero-order valence-electron chi connectivity index (χ0n) is 20.6. The first-order valence-corrected chi connectivity index (χ1v) is 9.32. The molecule has 0 aliphatic rings. The van der Waals surface area contributed by atoms with Crippen LogP contribution in [0.2, 0.25) is 0 Å². The number of para-hydroxylation sites is 1. The van der Waals surface area contributed by atoms with Gasteiger partial charge in [0.2, 0.25) is 0 Å². The minimum Gasteiger partial charge on any atom is -0.494 e. The molecule has 3 aromatic rings. The van der Waals surface area contributed by atoms with Crippen molar-refractivity contribution in [2.24, 2.45) is 7.05 Å². The van der Waals surface area contributed by atoms with Crippen LogP contribution >= 0.6 is 0 Å². The van der Waals surface area contributed by atoms with E-state index in [9.17, 15) is 9.90 Å². The Bertz CT molecular complexity index is 1180. The molecule has 2 heterocycles. The van der Waals surface area contributed by atoms with E-state index in [1.165, 1.54) is 13.2 Å². The SMILES string of the molecule is [2H]C([2H])([2H])NC(=O)c1nnc(NC(C)(C)CO)cc1Nc1cccc(-c2ncn(C)n2)c1OC. The Morgan fingerprint density at radius 3 is 2.77 bits per heavy atom. The van der Waals surface area contributed by atoms with E-state index in [1.807, 2.05) is 5.32 Å². The molecule has 31 heavy (non-hydrogen) atoms. The average molecular weight is 429 g/mol. The number of aryl methyl sites for hydroxylation is 1. The summed E-state index contributed by atoms with van der Waals surface area (Å²) in [6.07, 6.45) is 1.56. The van der Waals surface area contributed by atoms with Crippen LogP contribution in [0, 0.1) is 0 Å². The van der Waals surface area contributed by atoms with Crippen LogP contribution < -0.4 is 20.7 Å². The Hall–Kier alpha value is -3.73. The number of nitrogens with one attached hydrogen (secondary N) is 3. The summed E-state index contributed by atoms with van der Waals surface area (Å²) >= 11 is 0. The van der Waals surface area contributed by atoms with Crippen LogP contribution in [0.15, 0.2) is 30.6 Å². The van der Waals surface area contributed by atoms with Gasteiger partial charge in [-0.3, -0.25) is 9.48 Å². The predicted octanol–water partition coefficient (Wildman–Crippen LogP) is 1.57. The Balaban J connectivity index is 2.07. The number of methoxy groups -OCH3 is 1. The Morgan fingerprint density at radius 1 is 1.32 bits per heavy atom. The van der Waals surface area contributed by atoms with E-state index in [2.05, 4.69) is 30.9 Å². The molecule has 3 rings (SSSR count). The largest absolute Gasteiger partial charge is 0.494 e. The summed E-state index contributed by atoms with van der Waals surface area (Å²) < 4.78 is 29.2. The van der Waals surface area contributed by atoms with Crippen molar-refractivity contribution in [3.63, 3.8) is 0 Å². The van der Waals surface area contributed by atoms with Gasteiger partial charge >= 0.3 is 0 Å². The van der Waals surface area contributed by atoms with Crippen LogP contribution in [0.25, 0.3) is 11.4 Å². The summed E-state index contributed by atoms with van der Waals surface area (Å²) in [5, 5.41) is 29.8. The van der Waals surface area contributed by atoms with Gasteiger partial charge in [-0.25, -0.2) is 4.98 Å². The third-order valence-corrected chi connectivity index (χ3v) is 4.31. The number of carbonyl (C=O) groups excluding carboxylic acids is 1. The number of benzene rings is 1. The Kier molecular flexibility index (Phi) is 5.22. The first-order chi connectivity index (χ1) is 15.9. The van der Waals surface area contributed by atoms with Crippen LogP contribution in [0.5, 0.6) is 5.75 Å². The number of rotatable bonds is 8. The van der Waals surface area contributed by atoms with Gasteiger partial charge in [0.05, 0.1) is 36.2 Å². The van der Waals surface area contributed by atoms with Crippen molar-refractivity contribution in [3.8, 4) is 17.1 Å². The highest BCUT2D eigenvalue weighted by atomic mass is 16.5. The fourth-order valence-electron chi connectivity index (χ4n) is 2.80. The van der Waals surface area contributed by atoms with Gasteiger partial charge in [-0.1, -0.05) is 6.07 Å². The first kappa shape index (κ1) is 18.1. The molecule has 0 radical (unpaired) electrons. The van der Waals surface area contributed by atoms with Crippen molar-refractivity contribution in [1.29, 1.82) is 0 Å². The fraction of sp³-hybridized carbons (Fsp3) is 0.350. The van der Waals surface area contributed by atoms with E-state index >= 15 is 0 Å². The molecule has 164 valence electrons. The van der Waals surface area contributed by atoms with Crippen LogP contribution in [0.1, 0.15) is 28.4 Å². The van der Waals surface area contributed by atoms with Gasteiger partial charge in [-0.2, -0.15) is 5.10 Å². The van der Waals surface area contributed by atoms with E-state index in [0.717, 1.165) is 0 Å². The third-order valence-electron chi connectivity index (χ3n) is 4.31. The molecule has 0 aliphatic carbocycles. The number of aliphatic hydroxyl groups excluding tert-OH is 1. The lowest BCUT2D eigenvalue weighted by Gasteiger charge is -2.24. The molecule has 2 aromatic heterocycles. The summed E-state index contributed by atoms with van der Waals surface area (Å²) in [7, 11) is 3.22. The first-order valence-electron chi connectivity index (χ1n) is 10.8. The van der Waals surface area contributed by atoms with Crippen molar-refractivity contribution < 1.29 is 18.8 Å². The maximum Gasteiger partial charge on any atom is 0.273 e. The number of hydrogen-bond acceptors (Lipinski definition) is 9. The van der Waals surface area contributed by atoms with Crippen molar-refractivity contribution in [1.82, 2.24) is 30.3 Å². The molecule has 0 spiro atoms. The second kappa shape index (κ2) is 8.96. The molecule has 0 saturated heterocycles. The molecule has 1 aromatic carbocycles. The number of anilines is 3. The quantitative estimate of drug-likeness (QED) is 0.420. The molecule has 1 amide bonds. The molecule has 11 nitrogen and oxygen atoms in total. The van der Waals surface area contributed by atoms with Crippen LogP contribution in [-0.4, -0.2) is 62.2 Å². The van der Waals surface area contributed by atoms with Gasteiger partial charge in [0, 0.05) is 24.2 Å². The Labute approximate surface area is 184 Å². The highest BCUT2D eigenvalue weighted by Gasteiger charge is 2.21. The lowest BCUT2D eigenvalue weighted by atomic mass is 10.1. The monoisotopic (exact) mass is 429 g/mol. The molecular weight excluding hydrogens is 400 g/mol. The lowest BCUT2D eigenvalue weighted by Crippen LogP contribution is -2.35. The van der Waals surface area contributed by atoms with Gasteiger partial charge in [0.1, 0.15) is 6.33 Å². The van der Waals surface area contributed by atoms with E-state index in [-0.39, 0.29) is 23.8 Å². The highest BCUT2D eigenvalue weighted by molar-refractivity contribution is 5.98. The van der Waals surface area contributed by atoms with Crippen molar-refractivity contribution in [2.75, 3.05) is 31.3 Å². The molecule has 0 bridgehead atoms. The summed E-state index contributed by atoms with van der Waals surface area (Å²) in [5.41, 5.74) is 0.250. The molecular formula is C20H26N8O3. The maximum atomic E-state index is 12.6. The number of aliphatic hydroxyl groups is 1. The molecule has 0 saturated carbocycles. The number of nitrogens with zero attached hydrogens (tertiary/aromatic N) is 5. The van der Waals surface area contributed by atoms with Crippen molar-refractivity contribution >= 4 is 23.1 Å². The molecule has 0 unspecified atom stereocenters. The normalized spacial score (nSPS) is 13.0. The summed E-state index contributed by atoms with van der Waals surface area (Å²) in [6, 6.07) is 6.73. The van der Waals surface area contributed by atoms with Gasteiger partial charge < -0.3 is 25.8 Å². The molecule has 4 N–H and O–H groups in total. The standard InChI is InChI=1S/C20H26N8O3/c1-20(2,10-29)24-15-9-14(16(26-25-15)19(30)21-3)23-13-8-6-7-12(17(13)31-5)18-22-11-28(4)27-18/h6-9,11,29H,10H2,1-5H3,(H,21,30)(H2,23,24,25)/i3D3. The smallest absolute Gasteiger partial charge is 0.273 e. The van der Waals surface area contributed by atoms with E-state index < -0.39 is 18.4 Å². The number of hydrogen-bond donors (Lipinski definition) is 4. The zero-order chi connectivity index (χ0) is 25.1. The fourth-order valence-corrected chi connectivity index (χ4v) is 2.80. The summed E-state index contributed by atoms with van der Waals surface area (Å²) in [6.45, 7) is 0.604. The molecule has 0 atom stereocenters. The maximum absolute atomic E-state index is 12.6. The third kappa shape index (κ3) is 4.89. The van der Waals surface area contributed by atoms with E-state index in [4.69, 9.17) is 8.85 Å². The van der Waals surface area contributed by atoms with Crippen LogP contribution in [0.3, 0.4) is 0 Å². The number of carbonyl (C=O) groups is 1. The zero-order valence-corrected chi connectivity index (χ0v) is 17.6. The van der Waals surface area contributed by atoms with Crippen LogP contribution in [-0.2, 0) is 7.05 Å². The Morgan fingerprint density at radius 2 is 2.13 bits per heavy atom. The van der Waals surface area contributed by atoms with E-state index in [1.54, 1.807) is 50.1 Å². The van der Waals surface area contributed by atoms with Gasteiger partial charge in [0.15, 0.2) is 23.1 Å². The lowest BCUT2D eigenvalue weighted by molar-refractivity contribution is 0.0958. The van der Waals surface area contributed by atoms with Gasteiger partial charge in [0.25, 0.3) is 5.91 Å². The average Bonchev–Trinajstić information content (AvgIpc) is 3.18.